The minimum absolute atomic E-state index is 0.380. The molecule has 0 aliphatic carbocycles. The number of rotatable bonds is 11. The fourth-order valence-corrected chi connectivity index (χ4v) is 2.86. The lowest BCUT2D eigenvalue weighted by atomic mass is 10.0. The summed E-state index contributed by atoms with van der Waals surface area (Å²) >= 11 is 0. The van der Waals surface area contributed by atoms with Crippen LogP contribution >= 0.6 is 0 Å². The highest BCUT2D eigenvalue weighted by atomic mass is 16.2. The molecule has 0 radical (unpaired) electrons. The number of amides is 1. The van der Waals surface area contributed by atoms with Gasteiger partial charge in [0.1, 0.15) is 0 Å². The van der Waals surface area contributed by atoms with E-state index < -0.39 is 0 Å². The van der Waals surface area contributed by atoms with E-state index in [4.69, 9.17) is 0 Å². The Labute approximate surface area is 119 Å². The van der Waals surface area contributed by atoms with Gasteiger partial charge >= 0.3 is 0 Å². The van der Waals surface area contributed by atoms with E-state index in [2.05, 4.69) is 13.8 Å². The third-order valence-electron chi connectivity index (χ3n) is 4.13. The Hall–Kier alpha value is -0.530. The molecule has 1 saturated heterocycles. The lowest BCUT2D eigenvalue weighted by Crippen LogP contribution is -2.25. The van der Waals surface area contributed by atoms with Gasteiger partial charge in [0.2, 0.25) is 5.91 Å². The van der Waals surface area contributed by atoms with Gasteiger partial charge in [0, 0.05) is 19.5 Å². The summed E-state index contributed by atoms with van der Waals surface area (Å²) in [6, 6.07) is 0. The first-order valence-corrected chi connectivity index (χ1v) is 8.48. The fourth-order valence-electron chi connectivity index (χ4n) is 2.86. The highest BCUT2D eigenvalue weighted by Gasteiger charge is 2.18. The summed E-state index contributed by atoms with van der Waals surface area (Å²) < 4.78 is 0. The van der Waals surface area contributed by atoms with Crippen LogP contribution in [0.15, 0.2) is 0 Å². The van der Waals surface area contributed by atoms with Crippen LogP contribution in [0.4, 0.5) is 0 Å². The smallest absolute Gasteiger partial charge is 0.222 e. The first-order valence-electron chi connectivity index (χ1n) is 8.48. The van der Waals surface area contributed by atoms with Crippen LogP contribution in [0.2, 0.25) is 0 Å². The Morgan fingerprint density at radius 2 is 1.53 bits per heavy atom. The molecule has 1 aliphatic rings. The van der Waals surface area contributed by atoms with Crippen LogP contribution in [0.5, 0.6) is 0 Å². The van der Waals surface area contributed by atoms with Gasteiger partial charge < -0.3 is 4.90 Å². The first-order chi connectivity index (χ1) is 9.20. The number of likely N-dealkylation sites (tertiary alicyclic amines) is 1. The van der Waals surface area contributed by atoms with Crippen molar-refractivity contribution in [2.75, 3.05) is 13.1 Å². The molecule has 0 N–H and O–H groups in total. The third-order valence-corrected chi connectivity index (χ3v) is 4.13. The van der Waals surface area contributed by atoms with Crippen LogP contribution in [0.25, 0.3) is 0 Å². The summed E-state index contributed by atoms with van der Waals surface area (Å²) in [6.45, 7) is 6.64. The molecular formula is C17H33NO. The van der Waals surface area contributed by atoms with E-state index in [1.165, 1.54) is 57.8 Å². The molecule has 0 aromatic carbocycles. The molecule has 0 atom stereocenters. The lowest BCUT2D eigenvalue weighted by Gasteiger charge is -2.14. The highest BCUT2D eigenvalue weighted by Crippen LogP contribution is 2.14. The Bertz CT molecular complexity index is 237. The van der Waals surface area contributed by atoms with E-state index in [1.807, 2.05) is 4.90 Å². The quantitative estimate of drug-likeness (QED) is 0.493. The molecule has 0 saturated carbocycles. The Balaban J connectivity index is 1.77. The molecule has 0 aromatic rings. The van der Waals surface area contributed by atoms with Gasteiger partial charge in [-0.3, -0.25) is 4.79 Å². The molecule has 1 aliphatic heterocycles. The van der Waals surface area contributed by atoms with Gasteiger partial charge in [0.25, 0.3) is 0 Å². The van der Waals surface area contributed by atoms with Crippen molar-refractivity contribution in [1.29, 1.82) is 0 Å². The second-order valence-corrected chi connectivity index (χ2v) is 6.50. The summed E-state index contributed by atoms with van der Waals surface area (Å²) in [5.74, 6) is 1.25. The zero-order valence-corrected chi connectivity index (χ0v) is 13.1. The monoisotopic (exact) mass is 267 g/mol. The molecule has 0 aromatic heterocycles. The zero-order valence-electron chi connectivity index (χ0n) is 13.1. The van der Waals surface area contributed by atoms with E-state index in [1.54, 1.807) is 0 Å². The number of hydrogen-bond donors (Lipinski definition) is 0. The maximum Gasteiger partial charge on any atom is 0.222 e. The van der Waals surface area contributed by atoms with E-state index in [0.29, 0.717) is 5.91 Å². The Morgan fingerprint density at radius 1 is 0.947 bits per heavy atom. The number of unbranched alkanes of at least 4 members (excludes halogenated alkanes) is 7. The predicted molar refractivity (Wildman–Crippen MR) is 82.2 cm³/mol. The zero-order chi connectivity index (χ0) is 13.9. The van der Waals surface area contributed by atoms with Gasteiger partial charge in [-0.1, -0.05) is 65.2 Å². The molecular weight excluding hydrogens is 234 g/mol. The van der Waals surface area contributed by atoms with Crippen LogP contribution in [0, 0.1) is 5.92 Å². The van der Waals surface area contributed by atoms with Crippen LogP contribution < -0.4 is 0 Å². The average molecular weight is 267 g/mol. The van der Waals surface area contributed by atoms with Crippen LogP contribution in [-0.4, -0.2) is 23.9 Å². The van der Waals surface area contributed by atoms with Crippen LogP contribution in [0.1, 0.15) is 84.5 Å². The lowest BCUT2D eigenvalue weighted by molar-refractivity contribution is -0.127. The maximum absolute atomic E-state index is 11.4. The van der Waals surface area contributed by atoms with Crippen LogP contribution in [-0.2, 0) is 4.79 Å². The second-order valence-electron chi connectivity index (χ2n) is 6.50. The number of hydrogen-bond acceptors (Lipinski definition) is 1. The highest BCUT2D eigenvalue weighted by molar-refractivity contribution is 5.77. The van der Waals surface area contributed by atoms with Crippen molar-refractivity contribution < 1.29 is 4.79 Å². The Morgan fingerprint density at radius 3 is 2.05 bits per heavy atom. The molecule has 1 heterocycles. The number of carbonyl (C=O) groups is 1. The minimum atomic E-state index is 0.380. The van der Waals surface area contributed by atoms with Crippen molar-refractivity contribution in [3.63, 3.8) is 0 Å². The first kappa shape index (κ1) is 16.5. The van der Waals surface area contributed by atoms with E-state index in [0.717, 1.165) is 31.8 Å². The normalized spacial score (nSPS) is 15.7. The Kier molecular flexibility index (Phi) is 8.94. The molecule has 0 unspecified atom stereocenters. The van der Waals surface area contributed by atoms with Gasteiger partial charge in [-0.15, -0.1) is 0 Å². The van der Waals surface area contributed by atoms with Gasteiger partial charge in [0.15, 0.2) is 0 Å². The summed E-state index contributed by atoms with van der Waals surface area (Å²) in [5.41, 5.74) is 0. The molecule has 112 valence electrons. The average Bonchev–Trinajstić information content (AvgIpc) is 2.77. The fraction of sp³-hybridized carbons (Fsp3) is 0.941. The largest absolute Gasteiger partial charge is 0.343 e. The third kappa shape index (κ3) is 8.28. The number of nitrogens with zero attached hydrogens (tertiary/aromatic N) is 1. The van der Waals surface area contributed by atoms with E-state index in [9.17, 15) is 4.79 Å². The molecule has 1 amide bonds. The molecule has 0 spiro atoms. The van der Waals surface area contributed by atoms with E-state index >= 15 is 0 Å². The molecule has 2 nitrogen and oxygen atoms in total. The van der Waals surface area contributed by atoms with Crippen molar-refractivity contribution in [2.24, 2.45) is 5.92 Å². The standard InChI is InChI=1S/C17H33NO/c1-16(2)12-9-7-5-3-4-6-8-10-14-18-15-11-13-17(18)19/h16H,3-15H2,1-2H3. The summed E-state index contributed by atoms with van der Waals surface area (Å²) in [4.78, 5) is 13.5. The summed E-state index contributed by atoms with van der Waals surface area (Å²) in [7, 11) is 0. The molecule has 1 rings (SSSR count). The predicted octanol–water partition coefficient (Wildman–Crippen LogP) is 4.78. The molecule has 19 heavy (non-hydrogen) atoms. The second kappa shape index (κ2) is 10.3. The van der Waals surface area contributed by atoms with Crippen molar-refractivity contribution in [3.05, 3.63) is 0 Å². The molecule has 0 bridgehead atoms. The SMILES string of the molecule is CC(C)CCCCCCCCCCN1CCCC1=O. The topological polar surface area (TPSA) is 20.3 Å². The van der Waals surface area contributed by atoms with Gasteiger partial charge in [-0.2, -0.15) is 0 Å². The maximum atomic E-state index is 11.4. The van der Waals surface area contributed by atoms with Gasteiger partial charge in [-0.25, -0.2) is 0 Å². The van der Waals surface area contributed by atoms with E-state index in [-0.39, 0.29) is 0 Å². The molecule has 2 heteroatoms. The number of carbonyl (C=O) groups excluding carboxylic acids is 1. The molecule has 1 fully saturated rings. The van der Waals surface area contributed by atoms with Crippen molar-refractivity contribution in [3.8, 4) is 0 Å². The summed E-state index contributed by atoms with van der Waals surface area (Å²) in [6.07, 6.45) is 14.2. The van der Waals surface area contributed by atoms with Crippen molar-refractivity contribution >= 4 is 5.91 Å². The van der Waals surface area contributed by atoms with Crippen LogP contribution in [0.3, 0.4) is 0 Å². The van der Waals surface area contributed by atoms with Gasteiger partial charge in [0.05, 0.1) is 0 Å². The van der Waals surface area contributed by atoms with Crippen molar-refractivity contribution in [1.82, 2.24) is 4.90 Å². The summed E-state index contributed by atoms with van der Waals surface area (Å²) in [5, 5.41) is 0. The van der Waals surface area contributed by atoms with Crippen molar-refractivity contribution in [2.45, 2.75) is 84.5 Å². The minimum Gasteiger partial charge on any atom is -0.343 e. The van der Waals surface area contributed by atoms with Gasteiger partial charge in [-0.05, 0) is 18.8 Å².